The molecule has 4 aromatic rings. The number of rotatable bonds is 9. The molecule has 0 unspecified atom stereocenters. The molecule has 1 aliphatic heterocycles. The van der Waals surface area contributed by atoms with Crippen molar-refractivity contribution in [1.82, 2.24) is 35.6 Å². The summed E-state index contributed by atoms with van der Waals surface area (Å²) >= 11 is 0. The number of aromatic nitrogens is 5. The van der Waals surface area contributed by atoms with E-state index in [-0.39, 0.29) is 17.3 Å². The van der Waals surface area contributed by atoms with Crippen LogP contribution in [-0.4, -0.2) is 55.4 Å². The maximum absolute atomic E-state index is 13.0. The van der Waals surface area contributed by atoms with Gasteiger partial charge in [-0.1, -0.05) is 36.4 Å². The second kappa shape index (κ2) is 11.9. The van der Waals surface area contributed by atoms with Crippen molar-refractivity contribution >= 4 is 17.9 Å². The molecule has 3 heterocycles. The molecule has 1 aliphatic rings. The normalized spacial score (nSPS) is 14.6. The third-order valence-corrected chi connectivity index (χ3v) is 6.84. The van der Waals surface area contributed by atoms with Gasteiger partial charge < -0.3 is 10.5 Å². The van der Waals surface area contributed by atoms with Crippen LogP contribution in [0.1, 0.15) is 52.6 Å². The number of ether oxygens (including phenoxy) is 1. The second-order valence-electron chi connectivity index (χ2n) is 9.71. The van der Waals surface area contributed by atoms with Crippen LogP contribution in [0.2, 0.25) is 0 Å². The Morgan fingerprint density at radius 2 is 1.95 bits per heavy atom. The van der Waals surface area contributed by atoms with Crippen LogP contribution in [0.5, 0.6) is 5.75 Å². The summed E-state index contributed by atoms with van der Waals surface area (Å²) < 4.78 is 12.0. The van der Waals surface area contributed by atoms with Gasteiger partial charge >= 0.3 is 0 Å². The Morgan fingerprint density at radius 3 is 2.67 bits per heavy atom. The lowest BCUT2D eigenvalue weighted by molar-refractivity contribution is 0.0946. The first-order valence-electron chi connectivity index (χ1n) is 12.8. The minimum Gasteiger partial charge on any atom is -0.489 e. The molecule has 1 fully saturated rings. The molecule has 0 atom stereocenters. The van der Waals surface area contributed by atoms with Crippen LogP contribution in [0.15, 0.2) is 58.3 Å². The fourth-order valence-electron chi connectivity index (χ4n) is 4.36. The zero-order valence-corrected chi connectivity index (χ0v) is 21.9. The van der Waals surface area contributed by atoms with E-state index in [1.54, 1.807) is 6.21 Å². The van der Waals surface area contributed by atoms with E-state index >= 15 is 0 Å². The number of amides is 1. The van der Waals surface area contributed by atoms with Crippen molar-refractivity contribution in [2.75, 3.05) is 18.8 Å². The predicted octanol–water partition coefficient (Wildman–Crippen LogP) is 3.12. The SMILES string of the molecule is Cc1ccccc1COc1ccc(/C=N/NC(=O)c2nnn(-c3nonc3N)c2CN2CCC(C)CC2)cc1. The highest BCUT2D eigenvalue weighted by Gasteiger charge is 2.26. The molecule has 202 valence electrons. The predicted molar refractivity (Wildman–Crippen MR) is 144 cm³/mol. The summed E-state index contributed by atoms with van der Waals surface area (Å²) in [5, 5.41) is 19.8. The minimum atomic E-state index is -0.494. The quantitative estimate of drug-likeness (QED) is 0.246. The number of benzene rings is 2. The third kappa shape index (κ3) is 6.29. The molecule has 0 spiro atoms. The monoisotopic (exact) mass is 529 g/mol. The Morgan fingerprint density at radius 1 is 1.18 bits per heavy atom. The number of nitrogens with two attached hydrogens (primary N) is 1. The summed E-state index contributed by atoms with van der Waals surface area (Å²) in [7, 11) is 0. The van der Waals surface area contributed by atoms with Crippen LogP contribution in [0.4, 0.5) is 5.82 Å². The Bertz CT molecular complexity index is 1440. The van der Waals surface area contributed by atoms with Gasteiger partial charge in [-0.05, 0) is 90.0 Å². The van der Waals surface area contributed by atoms with Gasteiger partial charge in [-0.15, -0.1) is 5.10 Å². The summed E-state index contributed by atoms with van der Waals surface area (Å²) in [5.74, 6) is 1.17. The molecular weight excluding hydrogens is 498 g/mol. The van der Waals surface area contributed by atoms with Crippen LogP contribution in [0, 0.1) is 12.8 Å². The fourth-order valence-corrected chi connectivity index (χ4v) is 4.36. The Labute approximate surface area is 225 Å². The van der Waals surface area contributed by atoms with E-state index in [1.807, 2.05) is 42.5 Å². The number of aryl methyl sites for hydroxylation is 1. The second-order valence-corrected chi connectivity index (χ2v) is 9.71. The van der Waals surface area contributed by atoms with Gasteiger partial charge in [-0.3, -0.25) is 9.69 Å². The van der Waals surface area contributed by atoms with Crippen molar-refractivity contribution in [1.29, 1.82) is 0 Å². The van der Waals surface area contributed by atoms with E-state index in [1.165, 1.54) is 10.2 Å². The molecule has 39 heavy (non-hydrogen) atoms. The topological polar surface area (TPSA) is 150 Å². The molecule has 2 aromatic carbocycles. The highest BCUT2D eigenvalue weighted by molar-refractivity contribution is 5.94. The van der Waals surface area contributed by atoms with Crippen LogP contribution in [-0.2, 0) is 13.2 Å². The molecule has 3 N–H and O–H groups in total. The van der Waals surface area contributed by atoms with Gasteiger partial charge in [0.15, 0.2) is 5.69 Å². The first-order chi connectivity index (χ1) is 19.0. The number of nitrogen functional groups attached to an aromatic ring is 1. The van der Waals surface area contributed by atoms with Crippen LogP contribution in [0.25, 0.3) is 5.82 Å². The van der Waals surface area contributed by atoms with Gasteiger partial charge in [0, 0.05) is 6.54 Å². The van der Waals surface area contributed by atoms with Crippen molar-refractivity contribution in [2.45, 2.75) is 39.8 Å². The van der Waals surface area contributed by atoms with E-state index < -0.39 is 5.91 Å². The Balaban J connectivity index is 1.24. The van der Waals surface area contributed by atoms with Gasteiger partial charge in [-0.2, -0.15) is 9.78 Å². The molecule has 1 amide bonds. The highest BCUT2D eigenvalue weighted by Crippen LogP contribution is 2.22. The summed E-state index contributed by atoms with van der Waals surface area (Å²) in [5.41, 5.74) is 12.2. The van der Waals surface area contributed by atoms with Gasteiger partial charge in [0.2, 0.25) is 11.6 Å². The van der Waals surface area contributed by atoms with E-state index in [9.17, 15) is 4.79 Å². The molecule has 5 rings (SSSR count). The van der Waals surface area contributed by atoms with Gasteiger partial charge in [0.05, 0.1) is 11.9 Å². The number of nitrogens with one attached hydrogen (secondary N) is 1. The molecule has 2 aromatic heterocycles. The van der Waals surface area contributed by atoms with E-state index in [2.05, 4.69) is 56.0 Å². The zero-order chi connectivity index (χ0) is 27.2. The van der Waals surface area contributed by atoms with E-state index in [0.29, 0.717) is 24.8 Å². The molecule has 0 aliphatic carbocycles. The molecule has 1 saturated heterocycles. The van der Waals surface area contributed by atoms with Gasteiger partial charge in [0.25, 0.3) is 5.91 Å². The number of likely N-dealkylation sites (tertiary alicyclic amines) is 1. The van der Waals surface area contributed by atoms with Gasteiger partial charge in [0.1, 0.15) is 12.4 Å². The number of nitrogens with zero attached hydrogens (tertiary/aromatic N) is 7. The maximum Gasteiger partial charge on any atom is 0.293 e. The van der Waals surface area contributed by atoms with E-state index in [4.69, 9.17) is 15.1 Å². The summed E-state index contributed by atoms with van der Waals surface area (Å²) in [6.07, 6.45) is 3.71. The average molecular weight is 530 g/mol. The van der Waals surface area contributed by atoms with Crippen molar-refractivity contribution in [2.24, 2.45) is 11.0 Å². The van der Waals surface area contributed by atoms with Crippen molar-refractivity contribution in [3.05, 3.63) is 76.6 Å². The molecule has 12 heteroatoms. The Hall–Kier alpha value is -4.58. The standard InChI is InChI=1S/C27H31N9O3/c1-18-11-13-35(14-12-18)16-23-24(30-34-36(23)26-25(28)32-39-33-26)27(37)31-29-15-20-7-9-22(10-8-20)38-17-21-6-4-3-5-19(21)2/h3-10,15,18H,11-14,16-17H2,1-2H3,(H2,28,32)(H,31,37)/b29-15+. The van der Waals surface area contributed by atoms with Crippen LogP contribution >= 0.6 is 0 Å². The van der Waals surface area contributed by atoms with Crippen molar-refractivity contribution in [3.8, 4) is 11.6 Å². The molecule has 0 radical (unpaired) electrons. The average Bonchev–Trinajstić information content (AvgIpc) is 3.55. The number of hydrogen-bond acceptors (Lipinski definition) is 10. The lowest BCUT2D eigenvalue weighted by Crippen LogP contribution is -2.34. The number of hydrogen-bond donors (Lipinski definition) is 2. The highest BCUT2D eigenvalue weighted by atomic mass is 16.6. The number of anilines is 1. The van der Waals surface area contributed by atoms with Crippen molar-refractivity contribution in [3.63, 3.8) is 0 Å². The maximum atomic E-state index is 13.0. The molecule has 0 bridgehead atoms. The summed E-state index contributed by atoms with van der Waals surface area (Å²) in [6, 6.07) is 15.6. The minimum absolute atomic E-state index is 0.0599. The third-order valence-electron chi connectivity index (χ3n) is 6.84. The van der Waals surface area contributed by atoms with Gasteiger partial charge in [-0.25, -0.2) is 10.1 Å². The number of carbonyl (C=O) groups is 1. The largest absolute Gasteiger partial charge is 0.489 e. The first kappa shape index (κ1) is 26.0. The molecule has 12 nitrogen and oxygen atoms in total. The molecular formula is C27H31N9O3. The van der Waals surface area contributed by atoms with Crippen molar-refractivity contribution < 1.29 is 14.2 Å². The summed E-state index contributed by atoms with van der Waals surface area (Å²) in [4.78, 5) is 15.3. The van der Waals surface area contributed by atoms with Crippen LogP contribution in [0.3, 0.4) is 0 Å². The number of carbonyl (C=O) groups excluding carboxylic acids is 1. The fraction of sp³-hybridized carbons (Fsp3) is 0.333. The molecule has 0 saturated carbocycles. The summed E-state index contributed by atoms with van der Waals surface area (Å²) in [6.45, 7) is 7.05. The first-order valence-corrected chi connectivity index (χ1v) is 12.8. The Kier molecular flexibility index (Phi) is 7.92. The zero-order valence-electron chi connectivity index (χ0n) is 21.9. The lowest BCUT2D eigenvalue weighted by Gasteiger charge is -2.30. The smallest absolute Gasteiger partial charge is 0.293 e. The van der Waals surface area contributed by atoms with Crippen LogP contribution < -0.4 is 15.9 Å². The van der Waals surface area contributed by atoms with E-state index in [0.717, 1.165) is 42.8 Å². The lowest BCUT2D eigenvalue weighted by atomic mass is 9.99. The number of hydrazone groups is 1. The number of piperidine rings is 1.